The molecule has 0 aliphatic heterocycles. The van der Waals surface area contributed by atoms with Gasteiger partial charge in [0.05, 0.1) is 7.11 Å². The number of hydrogen-bond donors (Lipinski definition) is 0. The van der Waals surface area contributed by atoms with Gasteiger partial charge in [0.15, 0.2) is 5.78 Å². The van der Waals surface area contributed by atoms with Crippen molar-refractivity contribution in [2.45, 2.75) is 16.7 Å². The molecule has 18 heavy (non-hydrogen) atoms. The first kappa shape index (κ1) is 12.7. The normalized spacial score (nSPS) is 10.1. The molecule has 0 fully saturated rings. The summed E-state index contributed by atoms with van der Waals surface area (Å²) in [4.78, 5) is 13.6. The lowest BCUT2D eigenvalue weighted by Gasteiger charge is -2.07. The van der Waals surface area contributed by atoms with Gasteiger partial charge in [0.25, 0.3) is 0 Å². The highest BCUT2D eigenvalue weighted by molar-refractivity contribution is 7.99. The predicted molar refractivity (Wildman–Crippen MR) is 73.6 cm³/mol. The van der Waals surface area contributed by atoms with E-state index in [2.05, 4.69) is 0 Å². The summed E-state index contributed by atoms with van der Waals surface area (Å²) in [7, 11) is 1.65. The lowest BCUT2D eigenvalue weighted by atomic mass is 10.1. The topological polar surface area (TPSA) is 26.3 Å². The summed E-state index contributed by atoms with van der Waals surface area (Å²) < 4.78 is 5.19. The highest BCUT2D eigenvalue weighted by Gasteiger charge is 2.07. The molecule has 0 saturated carbocycles. The van der Waals surface area contributed by atoms with Gasteiger partial charge in [-0.1, -0.05) is 36.0 Å². The molecule has 0 radical (unpaired) electrons. The zero-order valence-corrected chi connectivity index (χ0v) is 11.2. The maximum atomic E-state index is 11.5. The zero-order chi connectivity index (χ0) is 13.0. The summed E-state index contributed by atoms with van der Waals surface area (Å²) >= 11 is 1.57. The standard InChI is InChI=1S/C15H14O2S/c1-11(16)14-8-3-4-9-15(14)18-13-7-5-6-12(10-13)17-2/h3-10H,1-2H3. The van der Waals surface area contributed by atoms with Crippen LogP contribution < -0.4 is 4.74 Å². The van der Waals surface area contributed by atoms with E-state index in [-0.39, 0.29) is 5.78 Å². The van der Waals surface area contributed by atoms with Gasteiger partial charge >= 0.3 is 0 Å². The Morgan fingerprint density at radius 1 is 1.11 bits per heavy atom. The molecule has 2 aromatic carbocycles. The number of benzene rings is 2. The van der Waals surface area contributed by atoms with Crippen molar-refractivity contribution in [1.82, 2.24) is 0 Å². The fourth-order valence-electron chi connectivity index (χ4n) is 1.64. The van der Waals surface area contributed by atoms with Gasteiger partial charge < -0.3 is 4.74 Å². The Kier molecular flexibility index (Phi) is 4.05. The number of Topliss-reactive ketones (excluding diaryl/α,β-unsaturated/α-hetero) is 1. The quantitative estimate of drug-likeness (QED) is 0.774. The zero-order valence-electron chi connectivity index (χ0n) is 10.3. The number of ketones is 1. The van der Waals surface area contributed by atoms with Crippen LogP contribution in [0.4, 0.5) is 0 Å². The van der Waals surface area contributed by atoms with Crippen molar-refractivity contribution in [2.75, 3.05) is 7.11 Å². The molecule has 2 nitrogen and oxygen atoms in total. The van der Waals surface area contributed by atoms with Gasteiger partial charge in [-0.15, -0.1) is 0 Å². The summed E-state index contributed by atoms with van der Waals surface area (Å²) in [5.41, 5.74) is 0.755. The number of methoxy groups -OCH3 is 1. The fraction of sp³-hybridized carbons (Fsp3) is 0.133. The van der Waals surface area contributed by atoms with Crippen molar-refractivity contribution in [3.63, 3.8) is 0 Å². The van der Waals surface area contributed by atoms with Gasteiger partial charge in [0.2, 0.25) is 0 Å². The summed E-state index contributed by atoms with van der Waals surface area (Å²) in [5, 5.41) is 0. The third kappa shape index (κ3) is 2.93. The SMILES string of the molecule is COc1cccc(Sc2ccccc2C(C)=O)c1. The number of ether oxygens (including phenoxy) is 1. The lowest BCUT2D eigenvalue weighted by Crippen LogP contribution is -1.94. The summed E-state index contributed by atoms with van der Waals surface area (Å²) in [6.07, 6.45) is 0. The van der Waals surface area contributed by atoms with E-state index < -0.39 is 0 Å². The molecular formula is C15H14O2S. The minimum Gasteiger partial charge on any atom is -0.497 e. The van der Waals surface area contributed by atoms with Gasteiger partial charge in [-0.2, -0.15) is 0 Å². The molecular weight excluding hydrogens is 244 g/mol. The van der Waals surface area contributed by atoms with E-state index in [1.165, 1.54) is 0 Å². The van der Waals surface area contributed by atoms with Crippen molar-refractivity contribution >= 4 is 17.5 Å². The highest BCUT2D eigenvalue weighted by atomic mass is 32.2. The second kappa shape index (κ2) is 5.74. The molecule has 0 aliphatic carbocycles. The van der Waals surface area contributed by atoms with Crippen molar-refractivity contribution in [3.05, 3.63) is 54.1 Å². The van der Waals surface area contributed by atoms with Crippen LogP contribution in [0.5, 0.6) is 5.75 Å². The minimum atomic E-state index is 0.0843. The predicted octanol–water partition coefficient (Wildman–Crippen LogP) is 4.05. The average molecular weight is 258 g/mol. The van der Waals surface area contributed by atoms with E-state index >= 15 is 0 Å². The molecule has 0 bridgehead atoms. The van der Waals surface area contributed by atoms with Crippen LogP contribution in [0.25, 0.3) is 0 Å². The van der Waals surface area contributed by atoms with Crippen molar-refractivity contribution < 1.29 is 9.53 Å². The Balaban J connectivity index is 2.31. The Morgan fingerprint density at radius 3 is 2.61 bits per heavy atom. The first-order chi connectivity index (χ1) is 8.70. The molecule has 2 aromatic rings. The second-order valence-corrected chi connectivity index (χ2v) is 4.95. The van der Waals surface area contributed by atoms with Gasteiger partial charge in [0, 0.05) is 15.4 Å². The molecule has 92 valence electrons. The number of carbonyl (C=O) groups is 1. The van der Waals surface area contributed by atoms with Crippen LogP contribution >= 0.6 is 11.8 Å². The molecule has 0 amide bonds. The summed E-state index contributed by atoms with van der Waals surface area (Å²) in [6, 6.07) is 15.4. The van der Waals surface area contributed by atoms with Crippen LogP contribution in [-0.4, -0.2) is 12.9 Å². The number of carbonyl (C=O) groups excluding carboxylic acids is 1. The first-order valence-electron chi connectivity index (χ1n) is 5.62. The Bertz CT molecular complexity index is 564. The van der Waals surface area contributed by atoms with E-state index in [4.69, 9.17) is 4.74 Å². The summed E-state index contributed by atoms with van der Waals surface area (Å²) in [5.74, 6) is 0.904. The third-order valence-electron chi connectivity index (χ3n) is 2.54. The third-order valence-corrected chi connectivity index (χ3v) is 3.60. The van der Waals surface area contributed by atoms with Gasteiger partial charge in [-0.3, -0.25) is 4.79 Å². The minimum absolute atomic E-state index is 0.0843. The van der Waals surface area contributed by atoms with Gasteiger partial charge in [-0.25, -0.2) is 0 Å². The van der Waals surface area contributed by atoms with Gasteiger partial charge in [-0.05, 0) is 31.2 Å². The number of rotatable bonds is 4. The number of hydrogen-bond acceptors (Lipinski definition) is 3. The molecule has 0 aromatic heterocycles. The first-order valence-corrected chi connectivity index (χ1v) is 6.44. The van der Waals surface area contributed by atoms with Crippen LogP contribution in [0.3, 0.4) is 0 Å². The van der Waals surface area contributed by atoms with Crippen molar-refractivity contribution in [3.8, 4) is 5.75 Å². The molecule has 0 spiro atoms. The molecule has 0 atom stereocenters. The van der Waals surface area contributed by atoms with Crippen LogP contribution in [-0.2, 0) is 0 Å². The van der Waals surface area contributed by atoms with E-state index in [0.29, 0.717) is 0 Å². The van der Waals surface area contributed by atoms with Crippen LogP contribution in [0, 0.1) is 0 Å². The largest absolute Gasteiger partial charge is 0.497 e. The molecule has 0 N–H and O–H groups in total. The smallest absolute Gasteiger partial charge is 0.160 e. The van der Waals surface area contributed by atoms with Crippen molar-refractivity contribution in [2.24, 2.45) is 0 Å². The highest BCUT2D eigenvalue weighted by Crippen LogP contribution is 2.32. The Labute approximate surface area is 111 Å². The fourth-order valence-corrected chi connectivity index (χ4v) is 2.68. The second-order valence-electron chi connectivity index (χ2n) is 3.83. The molecule has 2 rings (SSSR count). The van der Waals surface area contributed by atoms with E-state index in [0.717, 1.165) is 21.1 Å². The van der Waals surface area contributed by atoms with E-state index in [1.807, 2.05) is 48.5 Å². The lowest BCUT2D eigenvalue weighted by molar-refractivity contribution is 0.101. The maximum absolute atomic E-state index is 11.5. The Hall–Kier alpha value is -1.74. The van der Waals surface area contributed by atoms with E-state index in [9.17, 15) is 4.79 Å². The van der Waals surface area contributed by atoms with Crippen molar-refractivity contribution in [1.29, 1.82) is 0 Å². The Morgan fingerprint density at radius 2 is 1.89 bits per heavy atom. The van der Waals surface area contributed by atoms with Crippen LogP contribution in [0.1, 0.15) is 17.3 Å². The maximum Gasteiger partial charge on any atom is 0.160 e. The summed E-state index contributed by atoms with van der Waals surface area (Å²) in [6.45, 7) is 1.59. The van der Waals surface area contributed by atoms with E-state index in [1.54, 1.807) is 25.8 Å². The average Bonchev–Trinajstić information content (AvgIpc) is 2.39. The van der Waals surface area contributed by atoms with Gasteiger partial charge in [0.1, 0.15) is 5.75 Å². The molecule has 0 unspecified atom stereocenters. The molecule has 0 saturated heterocycles. The van der Waals surface area contributed by atoms with Crippen LogP contribution in [0.2, 0.25) is 0 Å². The molecule has 0 heterocycles. The molecule has 3 heteroatoms. The monoisotopic (exact) mass is 258 g/mol. The molecule has 0 aliphatic rings. The van der Waals surface area contributed by atoms with Crippen LogP contribution in [0.15, 0.2) is 58.3 Å².